The molecule has 1 rings (SSSR count). The van der Waals surface area contributed by atoms with Gasteiger partial charge in [0, 0.05) is 12.3 Å². The molecule has 0 aromatic rings. The van der Waals surface area contributed by atoms with Crippen LogP contribution in [0.2, 0.25) is 0 Å². The Morgan fingerprint density at radius 2 is 2.18 bits per heavy atom. The molecule has 1 saturated heterocycles. The fraction of sp³-hybridized carbons (Fsp3) is 0.875. The molecule has 1 atom stereocenters. The molecule has 0 amide bonds. The van der Waals surface area contributed by atoms with E-state index in [9.17, 15) is 0 Å². The zero-order chi connectivity index (χ0) is 8.10. The second-order valence-electron chi connectivity index (χ2n) is 2.78. The molecular weight excluding hydrogens is 142 g/mol. The van der Waals surface area contributed by atoms with Crippen molar-refractivity contribution in [1.29, 1.82) is 5.26 Å². The van der Waals surface area contributed by atoms with Gasteiger partial charge in [0.15, 0.2) is 6.29 Å². The molecule has 1 fully saturated rings. The van der Waals surface area contributed by atoms with Crippen LogP contribution in [0.15, 0.2) is 0 Å². The van der Waals surface area contributed by atoms with E-state index in [1.807, 2.05) is 6.92 Å². The zero-order valence-electron chi connectivity index (χ0n) is 6.75. The Balaban J connectivity index is 2.18. The molecule has 1 heterocycles. The average molecular weight is 155 g/mol. The highest BCUT2D eigenvalue weighted by atomic mass is 16.7. The highest BCUT2D eigenvalue weighted by Gasteiger charge is 2.22. The van der Waals surface area contributed by atoms with E-state index in [0.29, 0.717) is 25.6 Å². The van der Waals surface area contributed by atoms with Gasteiger partial charge in [-0.1, -0.05) is 6.92 Å². The normalized spacial score (nSPS) is 21.5. The van der Waals surface area contributed by atoms with Crippen LogP contribution in [0.25, 0.3) is 0 Å². The molecule has 3 heteroatoms. The van der Waals surface area contributed by atoms with Crippen molar-refractivity contribution in [3.63, 3.8) is 0 Å². The quantitative estimate of drug-likeness (QED) is 0.617. The summed E-state index contributed by atoms with van der Waals surface area (Å²) in [5, 5.41) is 8.33. The minimum atomic E-state index is -0.0663. The number of ether oxygens (including phenoxy) is 2. The molecule has 0 aromatic heterocycles. The lowest BCUT2D eigenvalue weighted by Gasteiger charge is -2.15. The molecule has 3 nitrogen and oxygen atoms in total. The first-order chi connectivity index (χ1) is 5.34. The molecule has 0 aromatic carbocycles. The van der Waals surface area contributed by atoms with Crippen LogP contribution in [0.4, 0.5) is 0 Å². The second-order valence-corrected chi connectivity index (χ2v) is 2.78. The molecule has 1 aliphatic heterocycles. The molecule has 1 unspecified atom stereocenters. The van der Waals surface area contributed by atoms with E-state index < -0.39 is 0 Å². The van der Waals surface area contributed by atoms with Gasteiger partial charge in [0.2, 0.25) is 0 Å². The molecule has 0 bridgehead atoms. The smallest absolute Gasteiger partial charge is 0.160 e. The van der Waals surface area contributed by atoms with Crippen LogP contribution in [0.1, 0.15) is 19.8 Å². The fourth-order valence-electron chi connectivity index (χ4n) is 1.13. The van der Waals surface area contributed by atoms with E-state index in [-0.39, 0.29) is 6.29 Å². The third-order valence-electron chi connectivity index (χ3n) is 1.82. The topological polar surface area (TPSA) is 42.2 Å². The van der Waals surface area contributed by atoms with E-state index in [1.165, 1.54) is 0 Å². The number of rotatable bonds is 3. The predicted octanol–water partition coefficient (Wildman–Crippen LogP) is 1.30. The maximum atomic E-state index is 8.33. The SMILES string of the molecule is CC(CCC#N)C1OCCO1. The Hall–Kier alpha value is -0.590. The van der Waals surface area contributed by atoms with Gasteiger partial charge in [0.25, 0.3) is 0 Å². The first-order valence-corrected chi connectivity index (χ1v) is 3.94. The summed E-state index contributed by atoms with van der Waals surface area (Å²) < 4.78 is 10.6. The van der Waals surface area contributed by atoms with Crippen molar-refractivity contribution in [2.24, 2.45) is 5.92 Å². The van der Waals surface area contributed by atoms with Crippen molar-refractivity contribution in [2.45, 2.75) is 26.1 Å². The number of hydrogen-bond donors (Lipinski definition) is 0. The summed E-state index contributed by atoms with van der Waals surface area (Å²) in [6.45, 7) is 3.44. The van der Waals surface area contributed by atoms with Crippen LogP contribution in [0, 0.1) is 17.2 Å². The summed E-state index contributed by atoms with van der Waals surface area (Å²) in [6, 6.07) is 2.11. The standard InChI is InChI=1S/C8H13NO2/c1-7(3-2-4-9)8-10-5-6-11-8/h7-8H,2-3,5-6H2,1H3. The van der Waals surface area contributed by atoms with Gasteiger partial charge in [-0.3, -0.25) is 0 Å². The van der Waals surface area contributed by atoms with E-state index >= 15 is 0 Å². The highest BCUT2D eigenvalue weighted by Crippen LogP contribution is 2.18. The van der Waals surface area contributed by atoms with Crippen LogP contribution in [-0.2, 0) is 9.47 Å². The van der Waals surface area contributed by atoms with Gasteiger partial charge >= 0.3 is 0 Å². The number of nitriles is 1. The zero-order valence-corrected chi connectivity index (χ0v) is 6.75. The van der Waals surface area contributed by atoms with Crippen LogP contribution >= 0.6 is 0 Å². The van der Waals surface area contributed by atoms with Gasteiger partial charge < -0.3 is 9.47 Å². The van der Waals surface area contributed by atoms with Crippen LogP contribution in [-0.4, -0.2) is 19.5 Å². The Bertz CT molecular complexity index is 147. The predicted molar refractivity (Wildman–Crippen MR) is 39.7 cm³/mol. The van der Waals surface area contributed by atoms with Crippen molar-refractivity contribution >= 4 is 0 Å². The number of hydrogen-bond acceptors (Lipinski definition) is 3. The van der Waals surface area contributed by atoms with Crippen molar-refractivity contribution in [3.8, 4) is 6.07 Å². The van der Waals surface area contributed by atoms with Gasteiger partial charge in [-0.2, -0.15) is 5.26 Å². The van der Waals surface area contributed by atoms with Crippen LogP contribution < -0.4 is 0 Å². The van der Waals surface area contributed by atoms with Crippen LogP contribution in [0.3, 0.4) is 0 Å². The van der Waals surface area contributed by atoms with Crippen molar-refractivity contribution < 1.29 is 9.47 Å². The molecule has 11 heavy (non-hydrogen) atoms. The maximum Gasteiger partial charge on any atom is 0.160 e. The maximum absolute atomic E-state index is 8.33. The third-order valence-corrected chi connectivity index (χ3v) is 1.82. The number of nitrogens with zero attached hydrogens (tertiary/aromatic N) is 1. The average Bonchev–Trinajstić information content (AvgIpc) is 2.52. The summed E-state index contributed by atoms with van der Waals surface area (Å²) in [5.41, 5.74) is 0. The lowest BCUT2D eigenvalue weighted by atomic mass is 10.1. The molecular formula is C8H13NO2. The summed E-state index contributed by atoms with van der Waals surface area (Å²) in [6.07, 6.45) is 1.38. The molecule has 0 saturated carbocycles. The van der Waals surface area contributed by atoms with Gasteiger partial charge in [-0.05, 0) is 6.42 Å². The van der Waals surface area contributed by atoms with Crippen molar-refractivity contribution in [2.75, 3.05) is 13.2 Å². The molecule has 62 valence electrons. The van der Waals surface area contributed by atoms with E-state index in [2.05, 4.69) is 6.07 Å². The molecule has 0 aliphatic carbocycles. The summed E-state index contributed by atoms with van der Waals surface area (Å²) in [5.74, 6) is 0.345. The van der Waals surface area contributed by atoms with Gasteiger partial charge in [-0.15, -0.1) is 0 Å². The lowest BCUT2D eigenvalue weighted by Crippen LogP contribution is -2.18. The lowest BCUT2D eigenvalue weighted by molar-refractivity contribution is -0.0798. The fourth-order valence-corrected chi connectivity index (χ4v) is 1.13. The minimum absolute atomic E-state index is 0.0663. The molecule has 0 N–H and O–H groups in total. The minimum Gasteiger partial charge on any atom is -0.350 e. The Kier molecular flexibility index (Phi) is 3.34. The van der Waals surface area contributed by atoms with E-state index in [1.54, 1.807) is 0 Å². The second kappa shape index (κ2) is 4.32. The Labute approximate surface area is 66.9 Å². The molecule has 1 aliphatic rings. The van der Waals surface area contributed by atoms with Crippen LogP contribution in [0.5, 0.6) is 0 Å². The Morgan fingerprint density at radius 3 is 2.73 bits per heavy atom. The highest BCUT2D eigenvalue weighted by molar-refractivity contribution is 4.72. The largest absolute Gasteiger partial charge is 0.350 e. The van der Waals surface area contributed by atoms with Crippen molar-refractivity contribution in [3.05, 3.63) is 0 Å². The first kappa shape index (κ1) is 8.51. The molecule has 0 spiro atoms. The van der Waals surface area contributed by atoms with Gasteiger partial charge in [-0.25, -0.2) is 0 Å². The monoisotopic (exact) mass is 155 g/mol. The first-order valence-electron chi connectivity index (χ1n) is 3.94. The Morgan fingerprint density at radius 1 is 1.55 bits per heavy atom. The summed E-state index contributed by atoms with van der Waals surface area (Å²) in [4.78, 5) is 0. The van der Waals surface area contributed by atoms with E-state index in [4.69, 9.17) is 14.7 Å². The van der Waals surface area contributed by atoms with Gasteiger partial charge in [0.05, 0.1) is 19.3 Å². The summed E-state index contributed by atoms with van der Waals surface area (Å²) in [7, 11) is 0. The van der Waals surface area contributed by atoms with Gasteiger partial charge in [0.1, 0.15) is 0 Å². The van der Waals surface area contributed by atoms with E-state index in [0.717, 1.165) is 6.42 Å². The van der Waals surface area contributed by atoms with Crippen molar-refractivity contribution in [1.82, 2.24) is 0 Å². The summed E-state index contributed by atoms with van der Waals surface area (Å²) >= 11 is 0. The molecule has 0 radical (unpaired) electrons. The third kappa shape index (κ3) is 2.49.